The Kier molecular flexibility index (Phi) is 4.94. The first-order valence-electron chi connectivity index (χ1n) is 7.92. The van der Waals surface area contributed by atoms with Crippen LogP contribution in [-0.2, 0) is 9.59 Å². The summed E-state index contributed by atoms with van der Waals surface area (Å²) in [5.74, 6) is -1.49. The maximum atomic E-state index is 13.6. The number of carbonyl (C=O) groups is 2. The molecule has 0 saturated carbocycles. The van der Waals surface area contributed by atoms with Gasteiger partial charge in [-0.3, -0.25) is 9.59 Å². The lowest BCUT2D eigenvalue weighted by Gasteiger charge is -2.15. The van der Waals surface area contributed by atoms with Crippen molar-refractivity contribution in [2.24, 2.45) is 0 Å². The minimum absolute atomic E-state index is 0.116. The van der Waals surface area contributed by atoms with Crippen LogP contribution < -0.4 is 10.6 Å². The molecule has 0 spiro atoms. The fourth-order valence-electron chi connectivity index (χ4n) is 3.20. The van der Waals surface area contributed by atoms with Gasteiger partial charge in [0.15, 0.2) is 0 Å². The van der Waals surface area contributed by atoms with Gasteiger partial charge in [-0.1, -0.05) is 46.9 Å². The third kappa shape index (κ3) is 2.85. The summed E-state index contributed by atoms with van der Waals surface area (Å²) < 4.78 is 14.2. The van der Waals surface area contributed by atoms with Gasteiger partial charge in [0, 0.05) is 11.1 Å². The van der Waals surface area contributed by atoms with Crippen molar-refractivity contribution in [1.82, 2.24) is 10.6 Å². The molecule has 28 heavy (non-hydrogen) atoms. The van der Waals surface area contributed by atoms with Crippen LogP contribution in [-0.4, -0.2) is 11.8 Å². The van der Waals surface area contributed by atoms with E-state index >= 15 is 0 Å². The van der Waals surface area contributed by atoms with Gasteiger partial charge in [-0.2, -0.15) is 0 Å². The van der Waals surface area contributed by atoms with E-state index < -0.39 is 17.6 Å². The minimum atomic E-state index is -0.502. The van der Waals surface area contributed by atoms with Gasteiger partial charge in [0.05, 0.1) is 41.2 Å². The lowest BCUT2D eigenvalue weighted by atomic mass is 10.0. The number of carbonyl (C=O) groups excluding carboxylic acids is 2. The third-order valence-corrected chi connectivity index (χ3v) is 7.57. The summed E-state index contributed by atoms with van der Waals surface area (Å²) in [6, 6.07) is 5.63. The van der Waals surface area contributed by atoms with Crippen molar-refractivity contribution in [3.8, 4) is 0 Å². The zero-order valence-electron chi connectivity index (χ0n) is 14.0. The SMILES string of the molecule is Cc1c(Cl)c(I)c(Cl)c(C2=C3C(=O)NC(c4cccc(F)c4)=C3C(=O)N2)c1Cl. The summed E-state index contributed by atoms with van der Waals surface area (Å²) in [7, 11) is 0. The fraction of sp³-hybridized carbons (Fsp3) is 0.0526. The van der Waals surface area contributed by atoms with Crippen LogP contribution >= 0.6 is 57.4 Å². The van der Waals surface area contributed by atoms with Gasteiger partial charge in [-0.15, -0.1) is 0 Å². The van der Waals surface area contributed by atoms with Crippen LogP contribution in [0.3, 0.4) is 0 Å². The van der Waals surface area contributed by atoms with E-state index in [4.69, 9.17) is 34.8 Å². The molecule has 9 heteroatoms. The van der Waals surface area contributed by atoms with Crippen LogP contribution in [0.4, 0.5) is 4.39 Å². The highest BCUT2D eigenvalue weighted by atomic mass is 127. The third-order valence-electron chi connectivity index (χ3n) is 4.53. The molecule has 0 saturated heterocycles. The highest BCUT2D eigenvalue weighted by Gasteiger charge is 2.42. The maximum Gasteiger partial charge on any atom is 0.258 e. The molecule has 2 amide bonds. The Labute approximate surface area is 187 Å². The Morgan fingerprint density at radius 3 is 2.18 bits per heavy atom. The summed E-state index contributed by atoms with van der Waals surface area (Å²) in [4.78, 5) is 25.4. The predicted molar refractivity (Wildman–Crippen MR) is 115 cm³/mol. The Bertz CT molecular complexity index is 1150. The lowest BCUT2D eigenvalue weighted by molar-refractivity contribution is -0.117. The molecule has 2 heterocycles. The zero-order chi connectivity index (χ0) is 20.3. The van der Waals surface area contributed by atoms with E-state index in [1.165, 1.54) is 18.2 Å². The molecule has 4 nitrogen and oxygen atoms in total. The summed E-state index contributed by atoms with van der Waals surface area (Å²) in [6.07, 6.45) is 0. The van der Waals surface area contributed by atoms with E-state index in [1.54, 1.807) is 13.0 Å². The maximum absolute atomic E-state index is 13.6. The number of benzene rings is 2. The molecule has 2 aliphatic heterocycles. The van der Waals surface area contributed by atoms with Gasteiger partial charge < -0.3 is 10.6 Å². The molecule has 2 aromatic rings. The molecule has 0 fully saturated rings. The summed E-state index contributed by atoms with van der Waals surface area (Å²) in [6.45, 7) is 1.72. The van der Waals surface area contributed by atoms with Crippen LogP contribution in [0.2, 0.25) is 15.1 Å². The monoisotopic (exact) mass is 548 g/mol. The fourth-order valence-corrected chi connectivity index (χ4v) is 4.77. The Morgan fingerprint density at radius 2 is 1.54 bits per heavy atom. The van der Waals surface area contributed by atoms with Crippen molar-refractivity contribution in [3.63, 3.8) is 0 Å². The topological polar surface area (TPSA) is 58.2 Å². The Morgan fingerprint density at radius 1 is 0.929 bits per heavy atom. The summed E-state index contributed by atoms with van der Waals surface area (Å²) >= 11 is 21.1. The molecule has 0 unspecified atom stereocenters. The van der Waals surface area contributed by atoms with E-state index in [2.05, 4.69) is 10.6 Å². The van der Waals surface area contributed by atoms with E-state index in [0.29, 0.717) is 25.3 Å². The number of fused-ring (bicyclic) bond motifs is 1. The number of amides is 2. The van der Waals surface area contributed by atoms with Gasteiger partial charge >= 0.3 is 0 Å². The Hall–Kier alpha value is -1.61. The molecule has 0 atom stereocenters. The van der Waals surface area contributed by atoms with Gasteiger partial charge in [0.1, 0.15) is 5.82 Å². The first-order valence-corrected chi connectivity index (χ1v) is 10.1. The molecule has 142 valence electrons. The second kappa shape index (κ2) is 7.02. The average Bonchev–Trinajstić information content (AvgIpc) is 3.18. The molecule has 0 aliphatic carbocycles. The minimum Gasteiger partial charge on any atom is -0.321 e. The first-order chi connectivity index (χ1) is 13.2. The smallest absolute Gasteiger partial charge is 0.258 e. The molecule has 0 bridgehead atoms. The number of nitrogens with one attached hydrogen (secondary N) is 2. The quantitative estimate of drug-likeness (QED) is 0.312. The van der Waals surface area contributed by atoms with Crippen LogP contribution in [0, 0.1) is 16.3 Å². The molecule has 2 aromatic carbocycles. The number of halogens is 5. The molecule has 4 rings (SSSR count). The molecule has 0 radical (unpaired) electrons. The van der Waals surface area contributed by atoms with Crippen molar-refractivity contribution in [2.75, 3.05) is 0 Å². The van der Waals surface area contributed by atoms with Crippen molar-refractivity contribution in [2.45, 2.75) is 6.92 Å². The van der Waals surface area contributed by atoms with E-state index in [9.17, 15) is 14.0 Å². The number of rotatable bonds is 2. The zero-order valence-corrected chi connectivity index (χ0v) is 18.4. The second-order valence-corrected chi connectivity index (χ2v) is 8.39. The largest absolute Gasteiger partial charge is 0.321 e. The molecule has 0 aromatic heterocycles. The number of hydrogen-bond donors (Lipinski definition) is 2. The van der Waals surface area contributed by atoms with Crippen molar-refractivity contribution in [1.29, 1.82) is 0 Å². The summed E-state index contributed by atoms with van der Waals surface area (Å²) in [5.41, 5.74) is 1.97. The normalized spacial score (nSPS) is 15.9. The predicted octanol–water partition coefficient (Wildman–Crippen LogP) is 5.08. The van der Waals surface area contributed by atoms with Crippen molar-refractivity contribution >= 4 is 80.6 Å². The van der Waals surface area contributed by atoms with Crippen LogP contribution in [0.1, 0.15) is 16.7 Å². The summed E-state index contributed by atoms with van der Waals surface area (Å²) in [5, 5.41) is 6.22. The van der Waals surface area contributed by atoms with Gasteiger partial charge in [0.25, 0.3) is 11.8 Å². The average molecular weight is 550 g/mol. The lowest BCUT2D eigenvalue weighted by Crippen LogP contribution is -2.22. The first kappa shape index (κ1) is 19.7. The Balaban J connectivity index is 2.01. The van der Waals surface area contributed by atoms with E-state index in [0.717, 1.165) is 0 Å². The standard InChI is InChI=1S/C19H9Cl3FIN2O2/c1-6-12(20)11(14(22)15(24)13(6)21)17-10-9(18(27)26-17)16(25-19(10)28)7-3-2-4-8(23)5-7/h2-5H,1H3,(H,25,28)(H,26,27). The van der Waals surface area contributed by atoms with Crippen LogP contribution in [0.5, 0.6) is 0 Å². The second-order valence-electron chi connectivity index (χ2n) is 6.17. The van der Waals surface area contributed by atoms with Gasteiger partial charge in [-0.05, 0) is 47.2 Å². The van der Waals surface area contributed by atoms with E-state index in [1.807, 2.05) is 22.6 Å². The van der Waals surface area contributed by atoms with Crippen LogP contribution in [0.25, 0.3) is 11.4 Å². The number of hydrogen-bond acceptors (Lipinski definition) is 2. The van der Waals surface area contributed by atoms with Crippen LogP contribution in [0.15, 0.2) is 35.4 Å². The van der Waals surface area contributed by atoms with E-state index in [-0.39, 0.29) is 32.6 Å². The highest BCUT2D eigenvalue weighted by molar-refractivity contribution is 14.1. The molecule has 2 N–H and O–H groups in total. The van der Waals surface area contributed by atoms with Crippen molar-refractivity contribution in [3.05, 3.63) is 76.6 Å². The molecular weight excluding hydrogens is 540 g/mol. The molecule has 2 aliphatic rings. The molecular formula is C19H9Cl3FIN2O2. The van der Waals surface area contributed by atoms with Gasteiger partial charge in [-0.25, -0.2) is 4.39 Å². The van der Waals surface area contributed by atoms with Gasteiger partial charge in [0.2, 0.25) is 0 Å². The highest BCUT2D eigenvalue weighted by Crippen LogP contribution is 2.45. The van der Waals surface area contributed by atoms with Crippen molar-refractivity contribution < 1.29 is 14.0 Å².